The van der Waals surface area contributed by atoms with Gasteiger partial charge in [0, 0.05) is 38.8 Å². The number of nitrogens with one attached hydrogen (secondary N) is 1. The zero-order valence-corrected chi connectivity index (χ0v) is 15.6. The van der Waals surface area contributed by atoms with Gasteiger partial charge in [-0.25, -0.2) is 0 Å². The fourth-order valence-corrected chi connectivity index (χ4v) is 2.46. The molecule has 0 spiro atoms. The summed E-state index contributed by atoms with van der Waals surface area (Å²) in [6.07, 6.45) is 2.60. The monoisotopic (exact) mass is 423 g/mol. The third kappa shape index (κ3) is 6.00. The number of nitrogens with zero attached hydrogens (tertiary/aromatic N) is 2. The maximum atomic E-state index is 5.90. The van der Waals surface area contributed by atoms with E-state index < -0.39 is 0 Å². The standard InChI is InChI=1S/C15H22ClN3O.HI/c1-17-15(18-10-14-4-3-9-20-14)19(2)11-12-5-7-13(16)8-6-12;/h5-8,14H,3-4,9-11H2,1-2H3,(H,17,18);1H. The van der Waals surface area contributed by atoms with Crippen molar-refractivity contribution in [3.8, 4) is 0 Å². The van der Waals surface area contributed by atoms with Crippen LogP contribution in [0.3, 0.4) is 0 Å². The Labute approximate surface area is 148 Å². The molecule has 1 N–H and O–H groups in total. The van der Waals surface area contributed by atoms with Crippen molar-refractivity contribution >= 4 is 41.5 Å². The van der Waals surface area contributed by atoms with Gasteiger partial charge in [-0.05, 0) is 30.5 Å². The van der Waals surface area contributed by atoms with Gasteiger partial charge in [-0.1, -0.05) is 23.7 Å². The molecular formula is C15H23ClIN3O. The van der Waals surface area contributed by atoms with Crippen molar-refractivity contribution in [2.75, 3.05) is 27.2 Å². The van der Waals surface area contributed by atoms with Crippen LogP contribution in [0.5, 0.6) is 0 Å². The van der Waals surface area contributed by atoms with E-state index in [1.165, 1.54) is 5.56 Å². The topological polar surface area (TPSA) is 36.9 Å². The number of guanidine groups is 1. The Morgan fingerprint density at radius 2 is 2.14 bits per heavy atom. The zero-order chi connectivity index (χ0) is 14.4. The molecule has 0 saturated carbocycles. The summed E-state index contributed by atoms with van der Waals surface area (Å²) in [5.74, 6) is 0.885. The van der Waals surface area contributed by atoms with Crippen LogP contribution in [0.1, 0.15) is 18.4 Å². The van der Waals surface area contributed by atoms with Gasteiger partial charge < -0.3 is 15.0 Å². The summed E-state index contributed by atoms with van der Waals surface area (Å²) < 4.78 is 5.61. The lowest BCUT2D eigenvalue weighted by Gasteiger charge is -2.23. The molecule has 1 aromatic rings. The molecule has 1 heterocycles. The molecule has 1 aromatic carbocycles. The molecule has 2 rings (SSSR count). The lowest BCUT2D eigenvalue weighted by Crippen LogP contribution is -2.41. The highest BCUT2D eigenvalue weighted by molar-refractivity contribution is 14.0. The molecule has 21 heavy (non-hydrogen) atoms. The highest BCUT2D eigenvalue weighted by Crippen LogP contribution is 2.12. The van der Waals surface area contributed by atoms with Gasteiger partial charge in [0.25, 0.3) is 0 Å². The number of rotatable bonds is 4. The molecule has 0 bridgehead atoms. The molecule has 1 aliphatic heterocycles. The van der Waals surface area contributed by atoms with E-state index in [2.05, 4.69) is 15.2 Å². The molecule has 1 unspecified atom stereocenters. The SMILES string of the molecule is CN=C(NCC1CCCO1)N(C)Cc1ccc(Cl)cc1.I. The number of ether oxygens (including phenoxy) is 1. The van der Waals surface area contributed by atoms with Crippen LogP contribution in [0.25, 0.3) is 0 Å². The van der Waals surface area contributed by atoms with E-state index in [1.807, 2.05) is 31.3 Å². The minimum atomic E-state index is 0. The number of hydrogen-bond donors (Lipinski definition) is 1. The van der Waals surface area contributed by atoms with E-state index >= 15 is 0 Å². The second kappa shape index (κ2) is 9.48. The minimum Gasteiger partial charge on any atom is -0.376 e. The number of aliphatic imine (C=N–C) groups is 1. The quantitative estimate of drug-likeness (QED) is 0.459. The second-order valence-corrected chi connectivity index (χ2v) is 5.48. The lowest BCUT2D eigenvalue weighted by atomic mass is 10.2. The molecule has 4 nitrogen and oxygen atoms in total. The summed E-state index contributed by atoms with van der Waals surface area (Å²) in [4.78, 5) is 6.41. The van der Waals surface area contributed by atoms with Gasteiger partial charge in [-0.3, -0.25) is 4.99 Å². The fourth-order valence-electron chi connectivity index (χ4n) is 2.33. The van der Waals surface area contributed by atoms with Crippen molar-refractivity contribution in [2.45, 2.75) is 25.5 Å². The molecule has 1 atom stereocenters. The average molecular weight is 424 g/mol. The van der Waals surface area contributed by atoms with Gasteiger partial charge in [0.15, 0.2) is 5.96 Å². The van der Waals surface area contributed by atoms with E-state index in [9.17, 15) is 0 Å². The highest BCUT2D eigenvalue weighted by atomic mass is 127. The second-order valence-electron chi connectivity index (χ2n) is 5.05. The Balaban J connectivity index is 0.00000220. The van der Waals surface area contributed by atoms with Crippen LogP contribution in [0.15, 0.2) is 29.3 Å². The Morgan fingerprint density at radius 3 is 2.71 bits per heavy atom. The smallest absolute Gasteiger partial charge is 0.193 e. The van der Waals surface area contributed by atoms with Crippen LogP contribution in [0, 0.1) is 0 Å². The average Bonchev–Trinajstić information content (AvgIpc) is 2.95. The van der Waals surface area contributed by atoms with E-state index in [0.717, 1.165) is 43.5 Å². The van der Waals surface area contributed by atoms with E-state index in [1.54, 1.807) is 7.05 Å². The van der Waals surface area contributed by atoms with Gasteiger partial charge in [-0.2, -0.15) is 0 Å². The Morgan fingerprint density at radius 1 is 1.43 bits per heavy atom. The maximum Gasteiger partial charge on any atom is 0.193 e. The molecule has 0 amide bonds. The van der Waals surface area contributed by atoms with Gasteiger partial charge in [0.05, 0.1) is 6.10 Å². The summed E-state index contributed by atoms with van der Waals surface area (Å²) in [6.45, 7) is 2.49. The minimum absolute atomic E-state index is 0. The fraction of sp³-hybridized carbons (Fsp3) is 0.533. The molecule has 0 aromatic heterocycles. The summed E-state index contributed by atoms with van der Waals surface area (Å²) >= 11 is 5.90. The number of halogens is 2. The third-order valence-electron chi connectivity index (χ3n) is 3.42. The molecule has 0 radical (unpaired) electrons. The van der Waals surface area contributed by atoms with Gasteiger partial charge >= 0.3 is 0 Å². The van der Waals surface area contributed by atoms with Crippen molar-refractivity contribution in [1.82, 2.24) is 10.2 Å². The Bertz CT molecular complexity index is 447. The molecule has 0 aliphatic carbocycles. The maximum absolute atomic E-state index is 5.90. The lowest BCUT2D eigenvalue weighted by molar-refractivity contribution is 0.113. The number of benzene rings is 1. The molecule has 118 valence electrons. The van der Waals surface area contributed by atoms with Crippen molar-refractivity contribution < 1.29 is 4.74 Å². The summed E-state index contributed by atoms with van der Waals surface area (Å²) in [7, 11) is 3.83. The first kappa shape index (κ1) is 18.5. The van der Waals surface area contributed by atoms with Crippen LogP contribution in [0.4, 0.5) is 0 Å². The Hall–Kier alpha value is -0.530. The van der Waals surface area contributed by atoms with Gasteiger partial charge in [0.1, 0.15) is 0 Å². The molecule has 1 saturated heterocycles. The third-order valence-corrected chi connectivity index (χ3v) is 3.67. The van der Waals surface area contributed by atoms with Crippen LogP contribution in [-0.4, -0.2) is 44.2 Å². The van der Waals surface area contributed by atoms with E-state index in [4.69, 9.17) is 16.3 Å². The molecular weight excluding hydrogens is 401 g/mol. The normalized spacial score (nSPS) is 18.2. The van der Waals surface area contributed by atoms with Crippen molar-refractivity contribution in [2.24, 2.45) is 4.99 Å². The van der Waals surface area contributed by atoms with Crippen LogP contribution in [0.2, 0.25) is 5.02 Å². The van der Waals surface area contributed by atoms with Gasteiger partial charge in [0.2, 0.25) is 0 Å². The van der Waals surface area contributed by atoms with E-state index in [0.29, 0.717) is 6.10 Å². The van der Waals surface area contributed by atoms with Crippen molar-refractivity contribution in [3.05, 3.63) is 34.9 Å². The van der Waals surface area contributed by atoms with Gasteiger partial charge in [-0.15, -0.1) is 24.0 Å². The molecule has 1 aliphatic rings. The highest BCUT2D eigenvalue weighted by Gasteiger charge is 2.16. The van der Waals surface area contributed by atoms with Crippen molar-refractivity contribution in [3.63, 3.8) is 0 Å². The number of hydrogen-bond acceptors (Lipinski definition) is 2. The summed E-state index contributed by atoms with van der Waals surface area (Å²) in [5, 5.41) is 4.13. The van der Waals surface area contributed by atoms with Crippen LogP contribution >= 0.6 is 35.6 Å². The largest absolute Gasteiger partial charge is 0.376 e. The summed E-state index contributed by atoms with van der Waals surface area (Å²) in [5.41, 5.74) is 1.21. The Kier molecular flexibility index (Phi) is 8.36. The first-order chi connectivity index (χ1) is 9.69. The van der Waals surface area contributed by atoms with Crippen LogP contribution in [-0.2, 0) is 11.3 Å². The molecule has 6 heteroatoms. The van der Waals surface area contributed by atoms with Crippen LogP contribution < -0.4 is 5.32 Å². The predicted octanol–water partition coefficient (Wildman–Crippen LogP) is 3.14. The zero-order valence-electron chi connectivity index (χ0n) is 12.5. The van der Waals surface area contributed by atoms with E-state index in [-0.39, 0.29) is 24.0 Å². The summed E-state index contributed by atoms with van der Waals surface area (Å²) in [6, 6.07) is 7.89. The molecule has 1 fully saturated rings. The first-order valence-electron chi connectivity index (χ1n) is 6.97. The predicted molar refractivity (Wildman–Crippen MR) is 98.7 cm³/mol. The van der Waals surface area contributed by atoms with Crippen molar-refractivity contribution in [1.29, 1.82) is 0 Å². The first-order valence-corrected chi connectivity index (χ1v) is 7.34.